The van der Waals surface area contributed by atoms with E-state index < -0.39 is 5.92 Å². The summed E-state index contributed by atoms with van der Waals surface area (Å²) in [5.74, 6) is -0.989. The topological polar surface area (TPSA) is 89.0 Å². The van der Waals surface area contributed by atoms with Crippen molar-refractivity contribution in [2.24, 2.45) is 0 Å². The molecule has 1 N–H and O–H groups in total. The van der Waals surface area contributed by atoms with Crippen molar-refractivity contribution >= 4 is 28.9 Å². The number of nitrogens with zero attached hydrogens (tertiary/aromatic N) is 2. The lowest BCUT2D eigenvalue weighted by Gasteiger charge is -2.21. The van der Waals surface area contributed by atoms with Crippen LogP contribution in [0.25, 0.3) is 10.8 Å². The van der Waals surface area contributed by atoms with Gasteiger partial charge in [-0.1, -0.05) is 0 Å². The lowest BCUT2D eigenvalue weighted by molar-refractivity contribution is -0.134. The number of aromatic nitrogens is 2. The van der Waals surface area contributed by atoms with Crippen LogP contribution in [-0.2, 0) is 9.59 Å². The quantitative estimate of drug-likeness (QED) is 0.648. The predicted octanol–water partition coefficient (Wildman–Crippen LogP) is 0.962. The molecule has 1 aromatic heterocycles. The Balaban J connectivity index is 2.10. The van der Waals surface area contributed by atoms with Crippen LogP contribution in [0.2, 0.25) is 0 Å². The van der Waals surface area contributed by atoms with Gasteiger partial charge in [-0.3, -0.25) is 19.7 Å². The van der Waals surface area contributed by atoms with Gasteiger partial charge < -0.3 is 0 Å². The summed E-state index contributed by atoms with van der Waals surface area (Å²) in [5, 5.41) is 11.3. The minimum atomic E-state index is -0.413. The Hall–Kier alpha value is -2.63. The molecule has 1 fully saturated rings. The summed E-state index contributed by atoms with van der Waals surface area (Å²) in [4.78, 5) is 34.3. The summed E-state index contributed by atoms with van der Waals surface area (Å²) in [6.07, 6.45) is 4.57. The van der Waals surface area contributed by atoms with Crippen LogP contribution in [0.15, 0.2) is 24.5 Å². The molecule has 0 radical (unpaired) electrons. The zero-order valence-electron chi connectivity index (χ0n) is 10.5. The summed E-state index contributed by atoms with van der Waals surface area (Å²) in [6.45, 7) is 0. The van der Waals surface area contributed by atoms with Gasteiger partial charge in [0.25, 0.3) is 0 Å². The maximum Gasteiger partial charge on any atom is 0.234 e. The van der Waals surface area contributed by atoms with Crippen LogP contribution >= 0.6 is 0 Å². The van der Waals surface area contributed by atoms with E-state index in [9.17, 15) is 14.4 Å². The second-order valence-corrected chi connectivity index (χ2v) is 4.72. The number of aldehydes is 1. The third-order valence-electron chi connectivity index (χ3n) is 3.49. The summed E-state index contributed by atoms with van der Waals surface area (Å²) in [6, 6.07) is 3.49. The van der Waals surface area contributed by atoms with Crippen molar-refractivity contribution in [2.75, 3.05) is 0 Å². The molecule has 1 atom stereocenters. The van der Waals surface area contributed by atoms with Gasteiger partial charge in [0.15, 0.2) is 6.29 Å². The molecular formula is C14H11N3O3. The first kappa shape index (κ1) is 12.4. The number of imide groups is 1. The molecule has 1 saturated heterocycles. The SMILES string of the molecule is O=Cc1cc(C2CCC(=O)NC2=O)cc2cnncc12. The molecule has 2 heterocycles. The second-order valence-electron chi connectivity index (χ2n) is 4.72. The first-order valence-corrected chi connectivity index (χ1v) is 6.22. The molecule has 0 aliphatic carbocycles. The van der Waals surface area contributed by atoms with E-state index in [1.807, 2.05) is 6.07 Å². The maximum atomic E-state index is 11.9. The van der Waals surface area contributed by atoms with Gasteiger partial charge in [0.2, 0.25) is 11.8 Å². The van der Waals surface area contributed by atoms with Crippen molar-refractivity contribution < 1.29 is 14.4 Å². The normalized spacial score (nSPS) is 18.9. The summed E-state index contributed by atoms with van der Waals surface area (Å²) < 4.78 is 0. The number of hydrogen-bond acceptors (Lipinski definition) is 5. The molecule has 0 saturated carbocycles. The largest absolute Gasteiger partial charge is 0.298 e. The standard InChI is InChI=1S/C14H11N3O3/c18-7-10-4-8(3-9-5-15-16-6-12(9)10)11-1-2-13(19)17-14(11)20/h3-7,11H,1-2H2,(H,17,19,20). The molecule has 20 heavy (non-hydrogen) atoms. The second kappa shape index (κ2) is 4.80. The zero-order chi connectivity index (χ0) is 14.1. The van der Waals surface area contributed by atoms with Gasteiger partial charge in [-0.15, -0.1) is 0 Å². The minimum absolute atomic E-state index is 0.256. The van der Waals surface area contributed by atoms with Gasteiger partial charge in [-0.25, -0.2) is 0 Å². The molecule has 2 aromatic rings. The molecule has 1 aromatic carbocycles. The Bertz CT molecular complexity index is 727. The number of carbonyl (C=O) groups is 3. The zero-order valence-corrected chi connectivity index (χ0v) is 10.5. The molecule has 1 unspecified atom stereocenters. The van der Waals surface area contributed by atoms with Crippen molar-refractivity contribution in [1.29, 1.82) is 0 Å². The Morgan fingerprint density at radius 3 is 2.75 bits per heavy atom. The fourth-order valence-corrected chi connectivity index (χ4v) is 2.48. The first-order valence-electron chi connectivity index (χ1n) is 6.22. The van der Waals surface area contributed by atoms with E-state index in [-0.39, 0.29) is 11.8 Å². The number of hydrogen-bond donors (Lipinski definition) is 1. The molecule has 1 aliphatic heterocycles. The van der Waals surface area contributed by atoms with Gasteiger partial charge in [0, 0.05) is 22.8 Å². The van der Waals surface area contributed by atoms with Crippen LogP contribution in [-0.4, -0.2) is 28.3 Å². The number of nitrogens with one attached hydrogen (secondary N) is 1. The minimum Gasteiger partial charge on any atom is -0.298 e. The molecule has 1 aliphatic rings. The van der Waals surface area contributed by atoms with Crippen molar-refractivity contribution in [3.05, 3.63) is 35.7 Å². The van der Waals surface area contributed by atoms with E-state index in [1.165, 1.54) is 6.20 Å². The molecule has 6 nitrogen and oxygen atoms in total. The number of amides is 2. The Kier molecular flexibility index (Phi) is 2.98. The fraction of sp³-hybridized carbons (Fsp3) is 0.214. The van der Waals surface area contributed by atoms with Gasteiger partial charge >= 0.3 is 0 Å². The number of benzene rings is 1. The highest BCUT2D eigenvalue weighted by atomic mass is 16.2. The first-order chi connectivity index (χ1) is 9.69. The van der Waals surface area contributed by atoms with Crippen LogP contribution in [0, 0.1) is 0 Å². The van der Waals surface area contributed by atoms with Gasteiger partial charge in [0.05, 0.1) is 18.3 Å². The molecule has 2 amide bonds. The average molecular weight is 269 g/mol. The van der Waals surface area contributed by atoms with Crippen LogP contribution in [0.1, 0.15) is 34.7 Å². The third-order valence-corrected chi connectivity index (χ3v) is 3.49. The van der Waals surface area contributed by atoms with Gasteiger partial charge in [0.1, 0.15) is 0 Å². The highest BCUT2D eigenvalue weighted by Gasteiger charge is 2.28. The number of carbonyl (C=O) groups excluding carboxylic acids is 3. The van der Waals surface area contributed by atoms with E-state index >= 15 is 0 Å². The molecular weight excluding hydrogens is 258 g/mol. The Morgan fingerprint density at radius 2 is 2.00 bits per heavy atom. The van der Waals surface area contributed by atoms with Crippen LogP contribution < -0.4 is 5.32 Å². The molecule has 3 rings (SSSR count). The predicted molar refractivity (Wildman–Crippen MR) is 70.1 cm³/mol. The molecule has 0 bridgehead atoms. The summed E-state index contributed by atoms with van der Waals surface area (Å²) in [5.41, 5.74) is 1.19. The van der Waals surface area contributed by atoms with E-state index in [4.69, 9.17) is 0 Å². The van der Waals surface area contributed by atoms with Crippen molar-refractivity contribution in [1.82, 2.24) is 15.5 Å². The summed E-state index contributed by atoms with van der Waals surface area (Å²) in [7, 11) is 0. The lowest BCUT2D eigenvalue weighted by atomic mass is 9.88. The lowest BCUT2D eigenvalue weighted by Crippen LogP contribution is -2.39. The smallest absolute Gasteiger partial charge is 0.234 e. The van der Waals surface area contributed by atoms with Gasteiger partial charge in [-0.2, -0.15) is 10.2 Å². The van der Waals surface area contributed by atoms with E-state index in [1.54, 1.807) is 12.3 Å². The monoisotopic (exact) mass is 269 g/mol. The maximum absolute atomic E-state index is 11.9. The van der Waals surface area contributed by atoms with Crippen molar-refractivity contribution in [3.8, 4) is 0 Å². The average Bonchev–Trinajstić information content (AvgIpc) is 2.46. The highest BCUT2D eigenvalue weighted by molar-refractivity contribution is 6.03. The highest BCUT2D eigenvalue weighted by Crippen LogP contribution is 2.28. The molecule has 0 spiro atoms. The fourth-order valence-electron chi connectivity index (χ4n) is 2.48. The summed E-state index contributed by atoms with van der Waals surface area (Å²) >= 11 is 0. The van der Waals surface area contributed by atoms with Crippen LogP contribution in [0.5, 0.6) is 0 Å². The Labute approximate surface area is 114 Å². The van der Waals surface area contributed by atoms with Crippen LogP contribution in [0.3, 0.4) is 0 Å². The third kappa shape index (κ3) is 2.05. The van der Waals surface area contributed by atoms with Crippen molar-refractivity contribution in [3.63, 3.8) is 0 Å². The van der Waals surface area contributed by atoms with Crippen LogP contribution in [0.4, 0.5) is 0 Å². The molecule has 100 valence electrons. The Morgan fingerprint density at radius 1 is 1.20 bits per heavy atom. The van der Waals surface area contributed by atoms with E-state index in [0.717, 1.165) is 17.2 Å². The number of rotatable bonds is 2. The van der Waals surface area contributed by atoms with Crippen molar-refractivity contribution in [2.45, 2.75) is 18.8 Å². The molecule has 6 heteroatoms. The van der Waals surface area contributed by atoms with E-state index in [0.29, 0.717) is 23.8 Å². The number of fused-ring (bicyclic) bond motifs is 1. The van der Waals surface area contributed by atoms with Gasteiger partial charge in [-0.05, 0) is 24.1 Å². The number of piperidine rings is 1. The van der Waals surface area contributed by atoms with E-state index in [2.05, 4.69) is 15.5 Å².